The van der Waals surface area contributed by atoms with E-state index in [1.54, 1.807) is 0 Å². The molecule has 10 heteroatoms. The van der Waals surface area contributed by atoms with Crippen LogP contribution in [0.25, 0.3) is 11.4 Å². The zero-order valence-electron chi connectivity index (χ0n) is 18.0. The molecule has 0 aliphatic carbocycles. The Morgan fingerprint density at radius 1 is 1.13 bits per heavy atom. The third-order valence-electron chi connectivity index (χ3n) is 6.02. The summed E-state index contributed by atoms with van der Waals surface area (Å²) in [6, 6.07) is 7.99. The first kappa shape index (κ1) is 21.9. The summed E-state index contributed by atoms with van der Waals surface area (Å²) < 4.78 is 30.5. The fraction of sp³-hybridized carbons (Fsp3) is 0.571. The van der Waals surface area contributed by atoms with Crippen LogP contribution in [-0.2, 0) is 21.4 Å². The second-order valence-corrected chi connectivity index (χ2v) is 10.4. The van der Waals surface area contributed by atoms with E-state index in [-0.39, 0.29) is 11.8 Å². The number of carbonyl (C=O) groups excluding carboxylic acids is 1. The minimum Gasteiger partial charge on any atom is -0.340 e. The normalized spacial score (nSPS) is 21.4. The second kappa shape index (κ2) is 9.05. The second-order valence-electron chi connectivity index (χ2n) is 8.44. The lowest BCUT2D eigenvalue weighted by Gasteiger charge is -2.38. The average Bonchev–Trinajstić information content (AvgIpc) is 3.22. The summed E-state index contributed by atoms with van der Waals surface area (Å²) in [5, 5.41) is 4.08. The van der Waals surface area contributed by atoms with Gasteiger partial charge in [-0.2, -0.15) is 4.98 Å². The summed E-state index contributed by atoms with van der Waals surface area (Å²) in [6.45, 7) is 6.05. The highest BCUT2D eigenvalue weighted by Crippen LogP contribution is 2.22. The van der Waals surface area contributed by atoms with Crippen LogP contribution >= 0.6 is 0 Å². The van der Waals surface area contributed by atoms with Crippen LogP contribution in [-0.4, -0.2) is 84.1 Å². The zero-order valence-corrected chi connectivity index (χ0v) is 18.8. The minimum absolute atomic E-state index is 0.0625. The number of hydrogen-bond acceptors (Lipinski definition) is 7. The number of hydrogen-bond donors (Lipinski definition) is 0. The number of piperidine rings is 1. The molecule has 2 aliphatic rings. The number of sulfonamides is 1. The fourth-order valence-electron chi connectivity index (χ4n) is 4.16. The zero-order chi connectivity index (χ0) is 22.0. The molecule has 2 aliphatic heterocycles. The fourth-order valence-corrected chi connectivity index (χ4v) is 5.07. The molecule has 2 fully saturated rings. The Morgan fingerprint density at radius 3 is 2.52 bits per heavy atom. The summed E-state index contributed by atoms with van der Waals surface area (Å²) in [6.07, 6.45) is 2.68. The molecule has 168 valence electrons. The van der Waals surface area contributed by atoms with Gasteiger partial charge in [-0.25, -0.2) is 12.7 Å². The molecular formula is C21H29N5O4S. The number of rotatable bonds is 5. The van der Waals surface area contributed by atoms with Crippen LogP contribution in [0.5, 0.6) is 0 Å². The number of aromatic nitrogens is 2. The maximum Gasteiger partial charge on any atom is 0.241 e. The summed E-state index contributed by atoms with van der Waals surface area (Å²) in [7, 11) is -3.26. The first-order valence-electron chi connectivity index (χ1n) is 10.7. The first-order valence-corrected chi connectivity index (χ1v) is 12.5. The van der Waals surface area contributed by atoms with Crippen LogP contribution < -0.4 is 0 Å². The van der Waals surface area contributed by atoms with Gasteiger partial charge in [0, 0.05) is 44.8 Å². The van der Waals surface area contributed by atoms with Crippen LogP contribution in [0.1, 0.15) is 24.3 Å². The van der Waals surface area contributed by atoms with E-state index in [1.807, 2.05) is 36.1 Å². The van der Waals surface area contributed by atoms with Gasteiger partial charge in [-0.05, 0) is 19.8 Å². The monoisotopic (exact) mass is 447 g/mol. The van der Waals surface area contributed by atoms with Crippen LogP contribution in [0.4, 0.5) is 0 Å². The Labute approximate surface area is 183 Å². The largest absolute Gasteiger partial charge is 0.340 e. The van der Waals surface area contributed by atoms with Gasteiger partial charge < -0.3 is 9.42 Å². The van der Waals surface area contributed by atoms with Crippen molar-refractivity contribution >= 4 is 15.9 Å². The van der Waals surface area contributed by atoms with Crippen molar-refractivity contribution in [3.05, 3.63) is 35.7 Å². The van der Waals surface area contributed by atoms with Gasteiger partial charge in [0.05, 0.1) is 18.7 Å². The lowest BCUT2D eigenvalue weighted by Crippen LogP contribution is -2.52. The Hall–Kier alpha value is -2.30. The van der Waals surface area contributed by atoms with E-state index in [2.05, 4.69) is 15.0 Å². The van der Waals surface area contributed by atoms with E-state index >= 15 is 0 Å². The lowest BCUT2D eigenvalue weighted by atomic mass is 9.98. The third kappa shape index (κ3) is 5.31. The van der Waals surface area contributed by atoms with Gasteiger partial charge in [0.25, 0.3) is 0 Å². The van der Waals surface area contributed by atoms with Crippen LogP contribution in [0.15, 0.2) is 28.8 Å². The van der Waals surface area contributed by atoms with Crippen molar-refractivity contribution < 1.29 is 17.7 Å². The molecule has 0 radical (unpaired) electrons. The Kier molecular flexibility index (Phi) is 6.40. The van der Waals surface area contributed by atoms with E-state index in [0.29, 0.717) is 44.4 Å². The van der Waals surface area contributed by atoms with Gasteiger partial charge in [0.1, 0.15) is 0 Å². The highest BCUT2D eigenvalue weighted by atomic mass is 32.2. The van der Waals surface area contributed by atoms with Gasteiger partial charge in [-0.1, -0.05) is 35.0 Å². The smallest absolute Gasteiger partial charge is 0.241 e. The van der Waals surface area contributed by atoms with Crippen molar-refractivity contribution in [3.8, 4) is 11.4 Å². The van der Waals surface area contributed by atoms with Crippen molar-refractivity contribution in [2.45, 2.75) is 26.3 Å². The molecule has 1 unspecified atom stereocenters. The molecule has 2 saturated heterocycles. The van der Waals surface area contributed by atoms with Gasteiger partial charge in [0.2, 0.25) is 27.6 Å². The summed E-state index contributed by atoms with van der Waals surface area (Å²) in [5.41, 5.74) is 2.10. The molecule has 31 heavy (non-hydrogen) atoms. The number of nitrogens with zero attached hydrogens (tertiary/aromatic N) is 5. The molecule has 9 nitrogen and oxygen atoms in total. The molecule has 1 aromatic carbocycles. The molecule has 0 spiro atoms. The highest BCUT2D eigenvalue weighted by molar-refractivity contribution is 7.88. The maximum atomic E-state index is 12.9. The molecule has 4 rings (SSSR count). The molecular weight excluding hydrogens is 418 g/mol. The maximum absolute atomic E-state index is 12.9. The predicted molar refractivity (Wildman–Crippen MR) is 115 cm³/mol. The number of piperazine rings is 1. The molecule has 1 atom stereocenters. The van der Waals surface area contributed by atoms with Crippen LogP contribution in [0.3, 0.4) is 0 Å². The molecule has 1 aromatic heterocycles. The first-order chi connectivity index (χ1) is 14.8. The van der Waals surface area contributed by atoms with Crippen molar-refractivity contribution in [1.82, 2.24) is 24.2 Å². The van der Waals surface area contributed by atoms with Gasteiger partial charge in [0.15, 0.2) is 0 Å². The van der Waals surface area contributed by atoms with Crippen LogP contribution in [0, 0.1) is 12.8 Å². The average molecular weight is 448 g/mol. The van der Waals surface area contributed by atoms with E-state index in [9.17, 15) is 13.2 Å². The van der Waals surface area contributed by atoms with Crippen LogP contribution in [0.2, 0.25) is 0 Å². The number of benzene rings is 1. The van der Waals surface area contributed by atoms with E-state index in [4.69, 9.17) is 4.52 Å². The number of carbonyl (C=O) groups is 1. The summed E-state index contributed by atoms with van der Waals surface area (Å²) in [5.74, 6) is 0.957. The molecule has 1 amide bonds. The highest BCUT2D eigenvalue weighted by Gasteiger charge is 2.33. The molecule has 0 N–H and O–H groups in total. The Balaban J connectivity index is 1.29. The quantitative estimate of drug-likeness (QED) is 0.682. The number of aryl methyl sites for hydroxylation is 1. The Morgan fingerprint density at radius 2 is 1.84 bits per heavy atom. The molecule has 0 saturated carbocycles. The molecule has 3 heterocycles. The van der Waals surface area contributed by atoms with Gasteiger partial charge in [-0.3, -0.25) is 9.69 Å². The van der Waals surface area contributed by atoms with Gasteiger partial charge in [-0.15, -0.1) is 0 Å². The topological polar surface area (TPSA) is 99.9 Å². The summed E-state index contributed by atoms with van der Waals surface area (Å²) in [4.78, 5) is 21.5. The SMILES string of the molecule is Cc1ccc(-c2noc(CN3CCN(C(=O)C4CCCN(S(C)(=O)=O)C4)CC3)n2)cc1. The predicted octanol–water partition coefficient (Wildman–Crippen LogP) is 1.36. The Bertz CT molecular complexity index is 1010. The van der Waals surface area contributed by atoms with E-state index in [0.717, 1.165) is 31.5 Å². The van der Waals surface area contributed by atoms with Gasteiger partial charge >= 0.3 is 0 Å². The van der Waals surface area contributed by atoms with Crippen molar-refractivity contribution in [3.63, 3.8) is 0 Å². The van der Waals surface area contributed by atoms with E-state index < -0.39 is 10.0 Å². The molecule has 2 aromatic rings. The number of amides is 1. The summed E-state index contributed by atoms with van der Waals surface area (Å²) >= 11 is 0. The lowest BCUT2D eigenvalue weighted by molar-refractivity contribution is -0.138. The van der Waals surface area contributed by atoms with Crippen molar-refractivity contribution in [2.75, 3.05) is 45.5 Å². The van der Waals surface area contributed by atoms with E-state index in [1.165, 1.54) is 16.1 Å². The van der Waals surface area contributed by atoms with Crippen molar-refractivity contribution in [2.24, 2.45) is 5.92 Å². The standard InChI is InChI=1S/C21H29N5O4S/c1-16-5-7-17(8-6-16)20-22-19(30-23-20)15-24-10-12-25(13-11-24)21(27)18-4-3-9-26(14-18)31(2,28)29/h5-8,18H,3-4,9-15H2,1-2H3. The van der Waals surface area contributed by atoms with Crippen molar-refractivity contribution in [1.29, 1.82) is 0 Å². The third-order valence-corrected chi connectivity index (χ3v) is 7.29. The minimum atomic E-state index is -3.26. The molecule has 0 bridgehead atoms.